The van der Waals surface area contributed by atoms with Crippen molar-refractivity contribution in [2.45, 2.75) is 12.8 Å². The molecule has 0 aromatic carbocycles. The van der Waals surface area contributed by atoms with E-state index in [0.717, 1.165) is 24.3 Å². The van der Waals surface area contributed by atoms with E-state index in [1.165, 1.54) is 0 Å². The Morgan fingerprint density at radius 1 is 1.30 bits per heavy atom. The largest absolute Gasteiger partial charge is 0.462 e. The Morgan fingerprint density at radius 2 is 2.20 bits per heavy atom. The lowest BCUT2D eigenvalue weighted by Crippen LogP contribution is -2.14. The molecule has 10 heavy (non-hydrogen) atoms. The molecular formula is C8H9NO. The van der Waals surface area contributed by atoms with Crippen molar-refractivity contribution in [2.24, 2.45) is 0 Å². The van der Waals surface area contributed by atoms with Gasteiger partial charge in [-0.15, -0.1) is 0 Å². The first-order valence-electron chi connectivity index (χ1n) is 3.46. The Kier molecular flexibility index (Phi) is 1.24. The second-order valence-electron chi connectivity index (χ2n) is 2.33. The molecule has 0 aromatic heterocycles. The van der Waals surface area contributed by atoms with Gasteiger partial charge in [0, 0.05) is 6.20 Å². The minimum Gasteiger partial charge on any atom is -0.462 e. The van der Waals surface area contributed by atoms with Crippen LogP contribution in [-0.4, -0.2) is 0 Å². The fourth-order valence-corrected chi connectivity index (χ4v) is 1.13. The third kappa shape index (κ3) is 0.817. The van der Waals surface area contributed by atoms with Gasteiger partial charge in [-0.05, 0) is 18.9 Å². The molecule has 0 amide bonds. The van der Waals surface area contributed by atoms with Gasteiger partial charge in [0.25, 0.3) is 0 Å². The van der Waals surface area contributed by atoms with Gasteiger partial charge in [-0.25, -0.2) is 0 Å². The summed E-state index contributed by atoms with van der Waals surface area (Å²) in [5.41, 5.74) is 1.11. The molecule has 0 unspecified atom stereocenters. The minimum atomic E-state index is 0.966. The van der Waals surface area contributed by atoms with Gasteiger partial charge in [0.05, 0.1) is 5.70 Å². The molecule has 0 saturated carbocycles. The van der Waals surface area contributed by atoms with Crippen LogP contribution >= 0.6 is 0 Å². The van der Waals surface area contributed by atoms with Crippen molar-refractivity contribution in [3.8, 4) is 0 Å². The fourth-order valence-electron chi connectivity index (χ4n) is 1.13. The normalized spacial score (nSPS) is 21.6. The monoisotopic (exact) mass is 135 g/mol. The first-order chi connectivity index (χ1) is 4.97. The lowest BCUT2D eigenvalue weighted by molar-refractivity contribution is 0.337. The topological polar surface area (TPSA) is 21.3 Å². The van der Waals surface area contributed by atoms with Gasteiger partial charge < -0.3 is 10.1 Å². The first kappa shape index (κ1) is 5.59. The van der Waals surface area contributed by atoms with Crippen LogP contribution in [0.3, 0.4) is 0 Å². The Hall–Kier alpha value is -1.18. The summed E-state index contributed by atoms with van der Waals surface area (Å²) >= 11 is 0. The maximum absolute atomic E-state index is 5.23. The lowest BCUT2D eigenvalue weighted by Gasteiger charge is -2.18. The van der Waals surface area contributed by atoms with Crippen LogP contribution in [0.25, 0.3) is 0 Å². The van der Waals surface area contributed by atoms with Crippen molar-refractivity contribution in [3.63, 3.8) is 0 Å². The van der Waals surface area contributed by atoms with Gasteiger partial charge in [-0.3, -0.25) is 0 Å². The number of rotatable bonds is 0. The summed E-state index contributed by atoms with van der Waals surface area (Å²) in [6.07, 6.45) is 9.92. The number of fused-ring (bicyclic) bond motifs is 1. The molecule has 0 bridgehead atoms. The summed E-state index contributed by atoms with van der Waals surface area (Å²) in [6.45, 7) is 0. The van der Waals surface area contributed by atoms with Crippen molar-refractivity contribution < 1.29 is 4.74 Å². The van der Waals surface area contributed by atoms with Crippen molar-refractivity contribution in [1.29, 1.82) is 0 Å². The zero-order valence-corrected chi connectivity index (χ0v) is 5.63. The summed E-state index contributed by atoms with van der Waals surface area (Å²) in [6, 6.07) is 0. The summed E-state index contributed by atoms with van der Waals surface area (Å²) in [5, 5.41) is 3.11. The quantitative estimate of drug-likeness (QED) is 0.545. The third-order valence-corrected chi connectivity index (χ3v) is 1.61. The first-order valence-corrected chi connectivity index (χ1v) is 3.46. The average molecular weight is 135 g/mol. The van der Waals surface area contributed by atoms with E-state index in [9.17, 15) is 0 Å². The maximum atomic E-state index is 5.23. The number of nitrogens with one attached hydrogen (secondary N) is 1. The van der Waals surface area contributed by atoms with Gasteiger partial charge >= 0.3 is 0 Å². The van der Waals surface area contributed by atoms with E-state index in [1.54, 1.807) is 12.5 Å². The number of ether oxygens (including phenoxy) is 1. The van der Waals surface area contributed by atoms with Crippen molar-refractivity contribution >= 4 is 0 Å². The van der Waals surface area contributed by atoms with Crippen LogP contribution in [0.5, 0.6) is 0 Å². The van der Waals surface area contributed by atoms with E-state index < -0.39 is 0 Å². The molecule has 1 aliphatic carbocycles. The van der Waals surface area contributed by atoms with Gasteiger partial charge in [-0.1, -0.05) is 6.08 Å². The lowest BCUT2D eigenvalue weighted by atomic mass is 10.1. The maximum Gasteiger partial charge on any atom is 0.145 e. The van der Waals surface area contributed by atoms with E-state index in [2.05, 4.69) is 17.5 Å². The summed E-state index contributed by atoms with van der Waals surface area (Å²) in [5.74, 6) is 0.966. The molecular weight excluding hydrogens is 126 g/mol. The van der Waals surface area contributed by atoms with E-state index in [1.807, 2.05) is 0 Å². The molecule has 0 fully saturated rings. The fraction of sp³-hybridized carbons (Fsp3) is 0.250. The highest BCUT2D eigenvalue weighted by Gasteiger charge is 2.10. The Bertz CT molecular complexity index is 201. The zero-order valence-electron chi connectivity index (χ0n) is 5.63. The molecule has 0 aromatic rings. The molecule has 1 N–H and O–H groups in total. The molecule has 1 aliphatic heterocycles. The van der Waals surface area contributed by atoms with Crippen LogP contribution in [0.4, 0.5) is 0 Å². The minimum absolute atomic E-state index is 0.966. The Balaban J connectivity index is 2.30. The molecule has 0 radical (unpaired) electrons. The van der Waals surface area contributed by atoms with Gasteiger partial charge in [0.2, 0.25) is 0 Å². The van der Waals surface area contributed by atoms with Gasteiger partial charge in [0.15, 0.2) is 0 Å². The zero-order chi connectivity index (χ0) is 6.81. The average Bonchev–Trinajstić information content (AvgIpc) is 2.05. The van der Waals surface area contributed by atoms with Crippen molar-refractivity contribution in [2.75, 3.05) is 0 Å². The predicted molar refractivity (Wildman–Crippen MR) is 38.8 cm³/mol. The summed E-state index contributed by atoms with van der Waals surface area (Å²) < 4.78 is 5.23. The van der Waals surface area contributed by atoms with Crippen LogP contribution < -0.4 is 5.32 Å². The second-order valence-corrected chi connectivity index (χ2v) is 2.33. The summed E-state index contributed by atoms with van der Waals surface area (Å²) in [4.78, 5) is 0. The highest BCUT2D eigenvalue weighted by Crippen LogP contribution is 2.19. The smallest absolute Gasteiger partial charge is 0.145 e. The molecule has 2 aliphatic rings. The third-order valence-electron chi connectivity index (χ3n) is 1.61. The molecule has 0 atom stereocenters. The highest BCUT2D eigenvalue weighted by molar-refractivity contribution is 5.30. The van der Waals surface area contributed by atoms with E-state index in [4.69, 9.17) is 4.74 Å². The number of hydrogen-bond acceptors (Lipinski definition) is 2. The number of hydrogen-bond donors (Lipinski definition) is 1. The van der Waals surface area contributed by atoms with Crippen molar-refractivity contribution in [1.82, 2.24) is 5.32 Å². The predicted octanol–water partition coefficient (Wildman–Crippen LogP) is 1.64. The van der Waals surface area contributed by atoms with Crippen LogP contribution in [0.15, 0.2) is 36.1 Å². The van der Waals surface area contributed by atoms with E-state index in [0.29, 0.717) is 0 Å². The molecule has 0 spiro atoms. The van der Waals surface area contributed by atoms with E-state index in [-0.39, 0.29) is 0 Å². The molecule has 2 heteroatoms. The molecule has 1 heterocycles. The summed E-state index contributed by atoms with van der Waals surface area (Å²) in [7, 11) is 0. The molecule has 52 valence electrons. The molecule has 2 nitrogen and oxygen atoms in total. The van der Waals surface area contributed by atoms with Crippen LogP contribution in [0.1, 0.15) is 12.8 Å². The van der Waals surface area contributed by atoms with Crippen LogP contribution in [-0.2, 0) is 4.74 Å². The Morgan fingerprint density at radius 3 is 3.10 bits per heavy atom. The highest BCUT2D eigenvalue weighted by atomic mass is 16.5. The van der Waals surface area contributed by atoms with Crippen LogP contribution in [0, 0.1) is 0 Å². The van der Waals surface area contributed by atoms with Crippen molar-refractivity contribution in [3.05, 3.63) is 36.1 Å². The standard InChI is InChI=1S/C8H9NO/c1-2-4-8-7(3-1)9-5-6-10-8/h3-6,9H,1-2H2. The second kappa shape index (κ2) is 2.21. The Labute approximate surface area is 59.9 Å². The van der Waals surface area contributed by atoms with Gasteiger partial charge in [0.1, 0.15) is 12.0 Å². The van der Waals surface area contributed by atoms with Crippen LogP contribution in [0.2, 0.25) is 0 Å². The van der Waals surface area contributed by atoms with E-state index >= 15 is 0 Å². The SMILES string of the molecule is C1=COC2=CCCC=C2N1. The molecule has 0 saturated heterocycles. The van der Waals surface area contributed by atoms with Gasteiger partial charge in [-0.2, -0.15) is 0 Å². The number of allylic oxidation sites excluding steroid dienone is 2. The molecule has 2 rings (SSSR count).